The molecular weight excluding hydrogens is 364 g/mol. The van der Waals surface area contributed by atoms with Crippen LogP contribution in [-0.2, 0) is 10.2 Å². The maximum Gasteiger partial charge on any atom is 0.321 e. The van der Waals surface area contributed by atoms with Gasteiger partial charge in [0.25, 0.3) is 5.22 Å². The topological polar surface area (TPSA) is 97.1 Å². The smallest absolute Gasteiger partial charge is 0.321 e. The van der Waals surface area contributed by atoms with Gasteiger partial charge in [-0.3, -0.25) is 10.1 Å². The molecular formula is C19H28N4O3S. The van der Waals surface area contributed by atoms with Gasteiger partial charge in [-0.05, 0) is 69.6 Å². The van der Waals surface area contributed by atoms with Crippen molar-refractivity contribution in [2.75, 3.05) is 5.75 Å². The van der Waals surface area contributed by atoms with Crippen LogP contribution >= 0.6 is 11.8 Å². The first kappa shape index (κ1) is 18.8. The number of aromatic nitrogens is 2. The molecule has 4 aliphatic rings. The van der Waals surface area contributed by atoms with Crippen molar-refractivity contribution in [2.45, 2.75) is 75.5 Å². The molecule has 8 heteroatoms. The summed E-state index contributed by atoms with van der Waals surface area (Å²) in [7, 11) is 0. The first-order valence-corrected chi connectivity index (χ1v) is 11.0. The monoisotopic (exact) mass is 392 g/mol. The highest BCUT2D eigenvalue weighted by atomic mass is 32.2. The van der Waals surface area contributed by atoms with Crippen LogP contribution in [0.3, 0.4) is 0 Å². The van der Waals surface area contributed by atoms with Crippen LogP contribution in [0, 0.1) is 17.8 Å². The van der Waals surface area contributed by atoms with Gasteiger partial charge in [0.1, 0.15) is 0 Å². The van der Waals surface area contributed by atoms with Crippen LogP contribution in [0.5, 0.6) is 0 Å². The highest BCUT2D eigenvalue weighted by Gasteiger charge is 2.54. The molecule has 0 saturated heterocycles. The third-order valence-corrected chi connectivity index (χ3v) is 7.29. The molecule has 5 rings (SSSR count). The Morgan fingerprint density at radius 2 is 1.81 bits per heavy atom. The molecule has 7 nitrogen and oxygen atoms in total. The van der Waals surface area contributed by atoms with Crippen LogP contribution in [-0.4, -0.2) is 33.9 Å². The summed E-state index contributed by atoms with van der Waals surface area (Å²) in [5.74, 6) is 2.92. The molecule has 3 amide bonds. The SMILES string of the molecule is CC[C@H](C)NC(=O)NC(=O)CSc1nnc(C23CC4CC(CC(C4)C2)C3)o1. The van der Waals surface area contributed by atoms with Crippen molar-refractivity contribution in [1.82, 2.24) is 20.8 Å². The van der Waals surface area contributed by atoms with E-state index >= 15 is 0 Å². The number of carbonyl (C=O) groups excluding carboxylic acids is 2. The molecule has 0 aromatic carbocycles. The number of nitrogens with zero attached hydrogens (tertiary/aromatic N) is 2. The summed E-state index contributed by atoms with van der Waals surface area (Å²) >= 11 is 1.19. The maximum absolute atomic E-state index is 11.9. The Morgan fingerprint density at radius 3 is 2.41 bits per heavy atom. The van der Waals surface area contributed by atoms with Crippen LogP contribution in [0.1, 0.15) is 64.7 Å². The van der Waals surface area contributed by atoms with E-state index in [9.17, 15) is 9.59 Å². The van der Waals surface area contributed by atoms with Gasteiger partial charge in [0.15, 0.2) is 0 Å². The van der Waals surface area contributed by atoms with Gasteiger partial charge in [0, 0.05) is 11.5 Å². The van der Waals surface area contributed by atoms with Crippen LogP contribution < -0.4 is 10.6 Å². The second kappa shape index (κ2) is 7.45. The molecule has 148 valence electrons. The number of thioether (sulfide) groups is 1. The Hall–Kier alpha value is -1.57. The number of hydrogen-bond acceptors (Lipinski definition) is 6. The largest absolute Gasteiger partial charge is 0.415 e. The fraction of sp³-hybridized carbons (Fsp3) is 0.789. The molecule has 4 aliphatic carbocycles. The molecule has 1 aromatic rings. The van der Waals surface area contributed by atoms with E-state index in [1.165, 1.54) is 50.3 Å². The second-order valence-electron chi connectivity index (χ2n) is 8.69. The van der Waals surface area contributed by atoms with Gasteiger partial charge < -0.3 is 9.73 Å². The standard InChI is InChI=1S/C19H28N4O3S/c1-3-11(2)20-17(25)21-15(24)10-27-18-23-22-16(26-18)19-7-12-4-13(8-19)6-14(5-12)9-19/h11-14H,3-10H2,1-2H3,(H2,20,21,24,25)/t11-,12?,13?,14?,19?/m0/s1. The molecule has 27 heavy (non-hydrogen) atoms. The van der Waals surface area contributed by atoms with Gasteiger partial charge in [-0.1, -0.05) is 18.7 Å². The van der Waals surface area contributed by atoms with E-state index in [-0.39, 0.29) is 23.1 Å². The van der Waals surface area contributed by atoms with Gasteiger partial charge in [0.2, 0.25) is 11.8 Å². The molecule has 0 unspecified atom stereocenters. The average molecular weight is 393 g/mol. The van der Waals surface area contributed by atoms with Gasteiger partial charge >= 0.3 is 6.03 Å². The lowest BCUT2D eigenvalue weighted by atomic mass is 9.49. The van der Waals surface area contributed by atoms with Crippen molar-refractivity contribution >= 4 is 23.7 Å². The quantitative estimate of drug-likeness (QED) is 0.721. The first-order valence-electron chi connectivity index (χ1n) is 10.0. The normalized spacial score (nSPS) is 32.3. The summed E-state index contributed by atoms with van der Waals surface area (Å²) in [4.78, 5) is 23.6. The predicted molar refractivity (Wildman–Crippen MR) is 101 cm³/mol. The van der Waals surface area contributed by atoms with Crippen molar-refractivity contribution in [1.29, 1.82) is 0 Å². The molecule has 0 aliphatic heterocycles. The number of amides is 3. The van der Waals surface area contributed by atoms with Crippen molar-refractivity contribution in [3.63, 3.8) is 0 Å². The molecule has 4 bridgehead atoms. The molecule has 4 fully saturated rings. The number of hydrogen-bond donors (Lipinski definition) is 2. The van der Waals surface area contributed by atoms with Crippen molar-refractivity contribution in [3.05, 3.63) is 5.89 Å². The molecule has 4 saturated carbocycles. The lowest BCUT2D eigenvalue weighted by Gasteiger charge is -2.55. The van der Waals surface area contributed by atoms with Crippen molar-refractivity contribution in [2.24, 2.45) is 17.8 Å². The van der Waals surface area contributed by atoms with Gasteiger partial charge in [-0.25, -0.2) is 4.79 Å². The Morgan fingerprint density at radius 1 is 1.19 bits per heavy atom. The van der Waals surface area contributed by atoms with Crippen LogP contribution in [0.2, 0.25) is 0 Å². The van der Waals surface area contributed by atoms with E-state index in [4.69, 9.17) is 4.42 Å². The lowest BCUT2D eigenvalue weighted by molar-refractivity contribution is -0.117. The highest BCUT2D eigenvalue weighted by molar-refractivity contribution is 7.99. The van der Waals surface area contributed by atoms with Gasteiger partial charge in [-0.2, -0.15) is 0 Å². The number of urea groups is 1. The summed E-state index contributed by atoms with van der Waals surface area (Å²) in [5, 5.41) is 14.0. The maximum atomic E-state index is 11.9. The summed E-state index contributed by atoms with van der Waals surface area (Å²) in [6.07, 6.45) is 8.42. The number of imide groups is 1. The first-order chi connectivity index (χ1) is 13.0. The zero-order valence-corrected chi connectivity index (χ0v) is 16.8. The van der Waals surface area contributed by atoms with E-state index in [2.05, 4.69) is 20.8 Å². The molecule has 1 atom stereocenters. The van der Waals surface area contributed by atoms with Crippen LogP contribution in [0.4, 0.5) is 4.79 Å². The van der Waals surface area contributed by atoms with Gasteiger partial charge in [0.05, 0.1) is 5.75 Å². The van der Waals surface area contributed by atoms with E-state index in [0.717, 1.165) is 30.1 Å². The molecule has 2 N–H and O–H groups in total. The highest BCUT2D eigenvalue weighted by Crippen LogP contribution is 2.60. The molecule has 0 radical (unpaired) electrons. The molecule has 0 spiro atoms. The van der Waals surface area contributed by atoms with E-state index in [1.54, 1.807) is 0 Å². The second-order valence-corrected chi connectivity index (χ2v) is 9.62. The van der Waals surface area contributed by atoms with E-state index < -0.39 is 6.03 Å². The van der Waals surface area contributed by atoms with Crippen molar-refractivity contribution in [3.8, 4) is 0 Å². The zero-order chi connectivity index (χ0) is 19.0. The number of carbonyl (C=O) groups is 2. The molecule has 1 aromatic heterocycles. The lowest BCUT2D eigenvalue weighted by Crippen LogP contribution is -2.48. The summed E-state index contributed by atoms with van der Waals surface area (Å²) in [5.41, 5.74) is 0.0684. The fourth-order valence-corrected chi connectivity index (χ4v) is 6.07. The minimum Gasteiger partial charge on any atom is -0.415 e. The Kier molecular flexibility index (Phi) is 5.18. The van der Waals surface area contributed by atoms with E-state index in [0.29, 0.717) is 5.22 Å². The van der Waals surface area contributed by atoms with E-state index in [1.807, 2.05) is 13.8 Å². The fourth-order valence-electron chi connectivity index (χ4n) is 5.51. The Labute approximate surface area is 163 Å². The molecule has 1 heterocycles. The Balaban J connectivity index is 1.31. The Bertz CT molecular complexity index is 684. The van der Waals surface area contributed by atoms with Crippen molar-refractivity contribution < 1.29 is 14.0 Å². The summed E-state index contributed by atoms with van der Waals surface area (Å²) < 4.78 is 5.97. The third-order valence-electron chi connectivity index (χ3n) is 6.47. The number of nitrogens with one attached hydrogen (secondary N) is 2. The minimum atomic E-state index is -0.463. The minimum absolute atomic E-state index is 0.0317. The van der Waals surface area contributed by atoms with Crippen LogP contribution in [0.25, 0.3) is 0 Å². The van der Waals surface area contributed by atoms with Gasteiger partial charge in [-0.15, -0.1) is 10.2 Å². The average Bonchev–Trinajstić information content (AvgIpc) is 3.08. The summed E-state index contributed by atoms with van der Waals surface area (Å²) in [6, 6.07) is -0.432. The number of rotatable bonds is 6. The zero-order valence-electron chi connectivity index (χ0n) is 16.0. The summed E-state index contributed by atoms with van der Waals surface area (Å²) in [6.45, 7) is 3.86. The third kappa shape index (κ3) is 4.00. The van der Waals surface area contributed by atoms with Crippen LogP contribution in [0.15, 0.2) is 9.64 Å². The predicted octanol–water partition coefficient (Wildman–Crippen LogP) is 3.25.